The van der Waals surface area contributed by atoms with Crippen LogP contribution in [0, 0.1) is 5.92 Å². The number of para-hydroxylation sites is 1. The molecule has 1 N–H and O–H groups in total. The van der Waals surface area contributed by atoms with E-state index in [1.165, 1.54) is 0 Å². The Labute approximate surface area is 159 Å². The van der Waals surface area contributed by atoms with E-state index in [4.69, 9.17) is 21.1 Å². The predicted molar refractivity (Wildman–Crippen MR) is 100 cm³/mol. The fourth-order valence-electron chi connectivity index (χ4n) is 2.72. The number of amides is 2. The maximum atomic E-state index is 12.3. The van der Waals surface area contributed by atoms with Crippen LogP contribution in [0.3, 0.4) is 0 Å². The zero-order valence-electron chi connectivity index (χ0n) is 15.6. The lowest BCUT2D eigenvalue weighted by Gasteiger charge is -2.32. The van der Waals surface area contributed by atoms with E-state index in [0.29, 0.717) is 36.3 Å². The second-order valence-corrected chi connectivity index (χ2v) is 7.83. The zero-order valence-corrected chi connectivity index (χ0v) is 16.3. The number of hydrogen-bond acceptors (Lipinski definition) is 4. The fourth-order valence-corrected chi connectivity index (χ4v) is 2.91. The molecule has 0 aromatic heterocycles. The monoisotopic (exact) mass is 382 g/mol. The van der Waals surface area contributed by atoms with Crippen LogP contribution in [0.4, 0.5) is 4.79 Å². The smallest absolute Gasteiger partial charge is 0.407 e. The highest BCUT2D eigenvalue weighted by Gasteiger charge is 2.24. The topological polar surface area (TPSA) is 67.9 Å². The average molecular weight is 383 g/mol. The molecule has 0 aliphatic carbocycles. The van der Waals surface area contributed by atoms with Crippen LogP contribution < -0.4 is 10.1 Å². The predicted octanol–water partition coefficient (Wildman–Crippen LogP) is 3.48. The Morgan fingerprint density at radius 1 is 1.23 bits per heavy atom. The molecule has 7 heteroatoms. The number of ether oxygens (including phenoxy) is 2. The molecule has 1 aliphatic heterocycles. The van der Waals surface area contributed by atoms with E-state index in [2.05, 4.69) is 5.32 Å². The van der Waals surface area contributed by atoms with Crippen LogP contribution in [0.15, 0.2) is 24.3 Å². The van der Waals surface area contributed by atoms with E-state index >= 15 is 0 Å². The molecule has 2 amide bonds. The molecular weight excluding hydrogens is 356 g/mol. The van der Waals surface area contributed by atoms with Gasteiger partial charge in [-0.15, -0.1) is 0 Å². The van der Waals surface area contributed by atoms with Gasteiger partial charge in [0.15, 0.2) is 6.61 Å². The molecule has 1 aliphatic rings. The lowest BCUT2D eigenvalue weighted by Crippen LogP contribution is -2.43. The van der Waals surface area contributed by atoms with Crippen LogP contribution in [0.2, 0.25) is 5.02 Å². The number of piperidine rings is 1. The first kappa shape index (κ1) is 20.4. The van der Waals surface area contributed by atoms with Gasteiger partial charge >= 0.3 is 6.09 Å². The number of nitrogens with one attached hydrogen (secondary N) is 1. The standard InChI is InChI=1S/C19H27ClN2O4/c1-19(2,3)26-18(24)21-12-14-8-10-22(11-9-14)17(23)13-25-16-7-5-4-6-15(16)20/h4-7,14H,8-13H2,1-3H3,(H,21,24). The van der Waals surface area contributed by atoms with Crippen molar-refractivity contribution in [3.8, 4) is 5.75 Å². The lowest BCUT2D eigenvalue weighted by atomic mass is 9.97. The number of hydrogen-bond donors (Lipinski definition) is 1. The van der Waals surface area contributed by atoms with E-state index in [0.717, 1.165) is 12.8 Å². The number of likely N-dealkylation sites (tertiary alicyclic amines) is 1. The summed E-state index contributed by atoms with van der Waals surface area (Å²) in [5.41, 5.74) is -0.498. The van der Waals surface area contributed by atoms with Crippen LogP contribution in [0.5, 0.6) is 5.75 Å². The summed E-state index contributed by atoms with van der Waals surface area (Å²) in [6, 6.07) is 7.09. The normalized spacial score (nSPS) is 15.5. The zero-order chi connectivity index (χ0) is 19.2. The third kappa shape index (κ3) is 6.75. The lowest BCUT2D eigenvalue weighted by molar-refractivity contribution is -0.134. The number of carbonyl (C=O) groups is 2. The molecule has 0 spiro atoms. The number of benzene rings is 1. The quantitative estimate of drug-likeness (QED) is 0.846. The van der Waals surface area contributed by atoms with Crippen molar-refractivity contribution in [1.29, 1.82) is 0 Å². The van der Waals surface area contributed by atoms with Gasteiger partial charge in [0.1, 0.15) is 11.4 Å². The maximum Gasteiger partial charge on any atom is 0.407 e. The Hall–Kier alpha value is -1.95. The Morgan fingerprint density at radius 2 is 1.88 bits per heavy atom. The van der Waals surface area contributed by atoms with Crippen LogP contribution >= 0.6 is 11.6 Å². The molecule has 1 heterocycles. The van der Waals surface area contributed by atoms with Crippen molar-refractivity contribution in [2.75, 3.05) is 26.2 Å². The molecule has 0 bridgehead atoms. The molecule has 0 radical (unpaired) electrons. The van der Waals surface area contributed by atoms with E-state index in [-0.39, 0.29) is 12.5 Å². The maximum absolute atomic E-state index is 12.3. The van der Waals surface area contributed by atoms with E-state index in [1.54, 1.807) is 17.0 Å². The number of alkyl carbamates (subject to hydrolysis) is 1. The number of rotatable bonds is 5. The van der Waals surface area contributed by atoms with Crippen molar-refractivity contribution in [2.24, 2.45) is 5.92 Å². The molecule has 0 unspecified atom stereocenters. The first-order valence-corrected chi connectivity index (χ1v) is 9.24. The molecule has 2 rings (SSSR count). The molecule has 26 heavy (non-hydrogen) atoms. The third-order valence-electron chi connectivity index (χ3n) is 4.09. The average Bonchev–Trinajstić information content (AvgIpc) is 2.58. The Morgan fingerprint density at radius 3 is 2.50 bits per heavy atom. The summed E-state index contributed by atoms with van der Waals surface area (Å²) in [4.78, 5) is 25.8. The van der Waals surface area contributed by atoms with Crippen molar-refractivity contribution in [3.63, 3.8) is 0 Å². The summed E-state index contributed by atoms with van der Waals surface area (Å²) in [7, 11) is 0. The van der Waals surface area contributed by atoms with E-state index in [1.807, 2.05) is 32.9 Å². The Bertz CT molecular complexity index is 622. The minimum atomic E-state index is -0.498. The highest BCUT2D eigenvalue weighted by atomic mass is 35.5. The van der Waals surface area contributed by atoms with E-state index in [9.17, 15) is 9.59 Å². The van der Waals surface area contributed by atoms with Crippen molar-refractivity contribution < 1.29 is 19.1 Å². The first-order chi connectivity index (χ1) is 12.2. The van der Waals surface area contributed by atoms with Gasteiger partial charge in [0.05, 0.1) is 5.02 Å². The summed E-state index contributed by atoms with van der Waals surface area (Å²) >= 11 is 6.02. The molecule has 1 fully saturated rings. The van der Waals surface area contributed by atoms with Gasteiger partial charge in [-0.2, -0.15) is 0 Å². The fraction of sp³-hybridized carbons (Fsp3) is 0.579. The van der Waals surface area contributed by atoms with Gasteiger partial charge in [-0.3, -0.25) is 4.79 Å². The molecule has 0 atom stereocenters. The van der Waals surface area contributed by atoms with Gasteiger partial charge in [-0.05, 0) is 51.7 Å². The van der Waals surface area contributed by atoms with Gasteiger partial charge in [-0.25, -0.2) is 4.79 Å². The van der Waals surface area contributed by atoms with Gasteiger partial charge in [0.2, 0.25) is 0 Å². The summed E-state index contributed by atoms with van der Waals surface area (Å²) in [6.45, 7) is 7.36. The molecular formula is C19H27ClN2O4. The largest absolute Gasteiger partial charge is 0.482 e. The highest BCUT2D eigenvalue weighted by molar-refractivity contribution is 6.32. The highest BCUT2D eigenvalue weighted by Crippen LogP contribution is 2.23. The van der Waals surface area contributed by atoms with Gasteiger partial charge in [0.25, 0.3) is 5.91 Å². The van der Waals surface area contributed by atoms with Crippen molar-refractivity contribution >= 4 is 23.6 Å². The van der Waals surface area contributed by atoms with Crippen LogP contribution in [-0.2, 0) is 9.53 Å². The van der Waals surface area contributed by atoms with Crippen molar-refractivity contribution in [2.45, 2.75) is 39.2 Å². The summed E-state index contributed by atoms with van der Waals surface area (Å²) in [5.74, 6) is 0.804. The first-order valence-electron chi connectivity index (χ1n) is 8.86. The summed E-state index contributed by atoms with van der Waals surface area (Å²) < 4.78 is 10.7. The minimum Gasteiger partial charge on any atom is -0.482 e. The SMILES string of the molecule is CC(C)(C)OC(=O)NCC1CCN(C(=O)COc2ccccc2Cl)CC1. The van der Waals surface area contributed by atoms with E-state index < -0.39 is 11.7 Å². The molecule has 1 aromatic rings. The second kappa shape index (κ2) is 9.12. The molecule has 1 aromatic carbocycles. The third-order valence-corrected chi connectivity index (χ3v) is 4.40. The minimum absolute atomic E-state index is 0.0233. The van der Waals surface area contributed by atoms with Crippen molar-refractivity contribution in [1.82, 2.24) is 10.2 Å². The van der Waals surface area contributed by atoms with Crippen LogP contribution in [0.1, 0.15) is 33.6 Å². The molecule has 0 saturated carbocycles. The van der Waals surface area contributed by atoms with Gasteiger partial charge < -0.3 is 19.7 Å². The Balaban J connectivity index is 1.68. The van der Waals surface area contributed by atoms with Gasteiger partial charge in [0, 0.05) is 19.6 Å². The number of nitrogens with zero attached hydrogens (tertiary/aromatic N) is 1. The molecule has 144 valence electrons. The molecule has 6 nitrogen and oxygen atoms in total. The Kier molecular flexibility index (Phi) is 7.14. The molecule has 1 saturated heterocycles. The van der Waals surface area contributed by atoms with Gasteiger partial charge in [-0.1, -0.05) is 23.7 Å². The van der Waals surface area contributed by atoms with Crippen LogP contribution in [0.25, 0.3) is 0 Å². The van der Waals surface area contributed by atoms with Crippen LogP contribution in [-0.4, -0.2) is 48.7 Å². The summed E-state index contributed by atoms with van der Waals surface area (Å²) in [5, 5.41) is 3.29. The van der Waals surface area contributed by atoms with Crippen molar-refractivity contribution in [3.05, 3.63) is 29.3 Å². The number of halogens is 1. The second-order valence-electron chi connectivity index (χ2n) is 7.43. The number of carbonyl (C=O) groups excluding carboxylic acids is 2. The summed E-state index contributed by atoms with van der Waals surface area (Å²) in [6.07, 6.45) is 1.28.